The Morgan fingerprint density at radius 3 is 2.58 bits per heavy atom. The highest BCUT2D eigenvalue weighted by atomic mass is 32.1. The lowest BCUT2D eigenvalue weighted by Crippen LogP contribution is -2.44. The maximum Gasteiger partial charge on any atom is 0.229 e. The van der Waals surface area contributed by atoms with Crippen LogP contribution in [0.1, 0.15) is 18.4 Å². The van der Waals surface area contributed by atoms with Crippen molar-refractivity contribution in [3.05, 3.63) is 84.4 Å². The van der Waals surface area contributed by atoms with Crippen LogP contribution in [-0.2, 0) is 16.0 Å². The molecule has 5 rings (SSSR count). The smallest absolute Gasteiger partial charge is 0.229 e. The molecule has 2 heterocycles. The molecule has 33 heavy (non-hydrogen) atoms. The summed E-state index contributed by atoms with van der Waals surface area (Å²) in [7, 11) is 0. The van der Waals surface area contributed by atoms with Crippen LogP contribution >= 0.6 is 11.3 Å². The number of thiazole rings is 1. The van der Waals surface area contributed by atoms with Crippen LogP contribution in [0.5, 0.6) is 0 Å². The molecular formula is C27H25N3O2S. The quantitative estimate of drug-likeness (QED) is 0.439. The van der Waals surface area contributed by atoms with E-state index in [0.717, 1.165) is 44.9 Å². The Hall–Kier alpha value is -3.51. The lowest BCUT2D eigenvalue weighted by Gasteiger charge is -2.32. The van der Waals surface area contributed by atoms with Crippen LogP contribution < -0.4 is 5.32 Å². The molecule has 1 aliphatic rings. The number of para-hydroxylation sites is 2. The van der Waals surface area contributed by atoms with Gasteiger partial charge >= 0.3 is 0 Å². The minimum absolute atomic E-state index is 0.0410. The normalized spacial score (nSPS) is 16.0. The SMILES string of the molecule is O=C(Nc1ccccc1-c1nc2ccccc2s1)C1CCCN(C(=O)Cc2ccccc2)C1. The highest BCUT2D eigenvalue weighted by Crippen LogP contribution is 2.34. The van der Waals surface area contributed by atoms with Crippen LogP contribution in [0.15, 0.2) is 78.9 Å². The second-order valence-corrected chi connectivity index (χ2v) is 9.39. The van der Waals surface area contributed by atoms with Gasteiger partial charge in [0.2, 0.25) is 11.8 Å². The minimum Gasteiger partial charge on any atom is -0.342 e. The average molecular weight is 456 g/mol. The van der Waals surface area contributed by atoms with Crippen molar-refractivity contribution in [3.8, 4) is 10.6 Å². The van der Waals surface area contributed by atoms with E-state index in [0.29, 0.717) is 19.5 Å². The molecule has 166 valence electrons. The number of nitrogens with one attached hydrogen (secondary N) is 1. The predicted octanol–water partition coefficient (Wildman–Crippen LogP) is 5.38. The molecule has 1 aromatic heterocycles. The molecular weight excluding hydrogens is 430 g/mol. The molecule has 1 atom stereocenters. The van der Waals surface area contributed by atoms with E-state index in [4.69, 9.17) is 4.98 Å². The molecule has 6 heteroatoms. The first-order chi connectivity index (χ1) is 16.2. The summed E-state index contributed by atoms with van der Waals surface area (Å²) in [6.45, 7) is 1.17. The number of nitrogens with zero attached hydrogens (tertiary/aromatic N) is 2. The zero-order valence-corrected chi connectivity index (χ0v) is 19.1. The second kappa shape index (κ2) is 9.55. The third kappa shape index (κ3) is 4.81. The van der Waals surface area contributed by atoms with E-state index < -0.39 is 0 Å². The van der Waals surface area contributed by atoms with Crippen molar-refractivity contribution in [3.63, 3.8) is 0 Å². The van der Waals surface area contributed by atoms with E-state index in [2.05, 4.69) is 11.4 Å². The number of anilines is 1. The van der Waals surface area contributed by atoms with Gasteiger partial charge in [0, 0.05) is 18.7 Å². The molecule has 0 bridgehead atoms. The molecule has 1 unspecified atom stereocenters. The molecule has 2 amide bonds. The van der Waals surface area contributed by atoms with Crippen LogP contribution in [0.4, 0.5) is 5.69 Å². The van der Waals surface area contributed by atoms with E-state index in [9.17, 15) is 9.59 Å². The number of hydrogen-bond acceptors (Lipinski definition) is 4. The van der Waals surface area contributed by atoms with Gasteiger partial charge in [0.25, 0.3) is 0 Å². The van der Waals surface area contributed by atoms with Gasteiger partial charge < -0.3 is 10.2 Å². The molecule has 1 aliphatic heterocycles. The molecule has 1 saturated heterocycles. The standard InChI is InChI=1S/C27H25N3O2S/c31-25(17-19-9-2-1-3-10-19)30-16-8-11-20(18-30)26(32)28-22-13-5-4-12-21(22)27-29-23-14-6-7-15-24(23)33-27/h1-7,9-10,12-15,20H,8,11,16-18H2,(H,28,32). The number of fused-ring (bicyclic) bond motifs is 1. The topological polar surface area (TPSA) is 62.3 Å². The first kappa shape index (κ1) is 21.3. The van der Waals surface area contributed by atoms with Gasteiger partial charge in [-0.25, -0.2) is 4.98 Å². The number of benzene rings is 3. The van der Waals surface area contributed by atoms with E-state index in [1.54, 1.807) is 11.3 Å². The average Bonchev–Trinajstić information content (AvgIpc) is 3.29. The summed E-state index contributed by atoms with van der Waals surface area (Å²) in [6, 6.07) is 25.6. The fraction of sp³-hybridized carbons (Fsp3) is 0.222. The summed E-state index contributed by atoms with van der Waals surface area (Å²) >= 11 is 1.62. The Bertz CT molecular complexity index is 1250. The molecule has 5 nitrogen and oxygen atoms in total. The fourth-order valence-electron chi connectivity index (χ4n) is 4.30. The molecule has 0 radical (unpaired) electrons. The number of carbonyl (C=O) groups excluding carboxylic acids is 2. The number of aromatic nitrogens is 1. The zero-order chi connectivity index (χ0) is 22.6. The number of likely N-dealkylation sites (tertiary alicyclic amines) is 1. The number of piperidine rings is 1. The molecule has 0 aliphatic carbocycles. The summed E-state index contributed by atoms with van der Waals surface area (Å²) in [5.74, 6) is -0.184. The Labute approximate surface area is 197 Å². The molecule has 1 N–H and O–H groups in total. The van der Waals surface area contributed by atoms with Crippen molar-refractivity contribution in [1.29, 1.82) is 0 Å². The van der Waals surface area contributed by atoms with Gasteiger partial charge in [-0.1, -0.05) is 54.6 Å². The Morgan fingerprint density at radius 1 is 0.970 bits per heavy atom. The van der Waals surface area contributed by atoms with Gasteiger partial charge in [-0.05, 0) is 42.7 Å². The number of carbonyl (C=O) groups is 2. The van der Waals surface area contributed by atoms with Crippen molar-refractivity contribution in [2.75, 3.05) is 18.4 Å². The largest absolute Gasteiger partial charge is 0.342 e. The zero-order valence-electron chi connectivity index (χ0n) is 18.2. The predicted molar refractivity (Wildman–Crippen MR) is 133 cm³/mol. The summed E-state index contributed by atoms with van der Waals surface area (Å²) in [6.07, 6.45) is 1.98. The molecule has 4 aromatic rings. The summed E-state index contributed by atoms with van der Waals surface area (Å²) < 4.78 is 1.12. The number of amides is 2. The van der Waals surface area contributed by atoms with Crippen LogP contribution in [-0.4, -0.2) is 34.8 Å². The fourth-order valence-corrected chi connectivity index (χ4v) is 5.31. The van der Waals surface area contributed by atoms with E-state index >= 15 is 0 Å². The van der Waals surface area contributed by atoms with Gasteiger partial charge in [-0.2, -0.15) is 0 Å². The maximum atomic E-state index is 13.2. The van der Waals surface area contributed by atoms with Gasteiger partial charge in [0.15, 0.2) is 0 Å². The first-order valence-corrected chi connectivity index (χ1v) is 12.1. The lowest BCUT2D eigenvalue weighted by atomic mass is 9.96. The van der Waals surface area contributed by atoms with Crippen molar-refractivity contribution >= 4 is 39.1 Å². The van der Waals surface area contributed by atoms with Gasteiger partial charge in [0.1, 0.15) is 5.01 Å². The van der Waals surface area contributed by atoms with E-state index in [-0.39, 0.29) is 17.7 Å². The summed E-state index contributed by atoms with van der Waals surface area (Å²) in [5, 5.41) is 4.01. The van der Waals surface area contributed by atoms with Gasteiger partial charge in [0.05, 0.1) is 28.2 Å². The third-order valence-electron chi connectivity index (χ3n) is 6.05. The van der Waals surface area contributed by atoms with Crippen LogP contribution in [0.25, 0.3) is 20.8 Å². The van der Waals surface area contributed by atoms with Crippen LogP contribution in [0.3, 0.4) is 0 Å². The number of hydrogen-bond donors (Lipinski definition) is 1. The summed E-state index contributed by atoms with van der Waals surface area (Å²) in [5.41, 5.74) is 3.63. The first-order valence-electron chi connectivity index (χ1n) is 11.2. The lowest BCUT2D eigenvalue weighted by molar-refractivity contribution is -0.133. The van der Waals surface area contributed by atoms with Gasteiger partial charge in [-0.15, -0.1) is 11.3 Å². The van der Waals surface area contributed by atoms with Crippen LogP contribution in [0, 0.1) is 5.92 Å². The Kier molecular flexibility index (Phi) is 6.17. The number of rotatable bonds is 5. The molecule has 3 aromatic carbocycles. The van der Waals surface area contributed by atoms with E-state index in [1.165, 1.54) is 0 Å². The summed E-state index contributed by atoms with van der Waals surface area (Å²) in [4.78, 5) is 32.6. The Balaban J connectivity index is 1.29. The van der Waals surface area contributed by atoms with Crippen LogP contribution in [0.2, 0.25) is 0 Å². The minimum atomic E-state index is -0.220. The molecule has 0 saturated carbocycles. The molecule has 1 fully saturated rings. The van der Waals surface area contributed by atoms with E-state index in [1.807, 2.05) is 77.7 Å². The highest BCUT2D eigenvalue weighted by molar-refractivity contribution is 7.21. The van der Waals surface area contributed by atoms with Crippen molar-refractivity contribution < 1.29 is 9.59 Å². The van der Waals surface area contributed by atoms with Crippen molar-refractivity contribution in [2.24, 2.45) is 5.92 Å². The van der Waals surface area contributed by atoms with Crippen molar-refractivity contribution in [2.45, 2.75) is 19.3 Å². The monoisotopic (exact) mass is 455 g/mol. The second-order valence-electron chi connectivity index (χ2n) is 8.36. The molecule has 0 spiro atoms. The van der Waals surface area contributed by atoms with Gasteiger partial charge in [-0.3, -0.25) is 9.59 Å². The highest BCUT2D eigenvalue weighted by Gasteiger charge is 2.29. The third-order valence-corrected chi connectivity index (χ3v) is 7.12. The Morgan fingerprint density at radius 2 is 1.73 bits per heavy atom. The maximum absolute atomic E-state index is 13.2. The van der Waals surface area contributed by atoms with Crippen molar-refractivity contribution in [1.82, 2.24) is 9.88 Å².